The first-order valence-electron chi connectivity index (χ1n) is 4.48. The maximum atomic E-state index is 11.5. The minimum Gasteiger partial charge on any atom is -0.347 e. The van der Waals surface area contributed by atoms with Crippen molar-refractivity contribution in [2.45, 2.75) is 44.5 Å². The average molecular weight is 170 g/mol. The molecule has 3 nitrogen and oxygen atoms in total. The highest BCUT2D eigenvalue weighted by atomic mass is 16.8. The van der Waals surface area contributed by atoms with Crippen molar-refractivity contribution in [3.05, 3.63) is 0 Å². The van der Waals surface area contributed by atoms with E-state index in [2.05, 4.69) is 0 Å². The first-order chi connectivity index (χ1) is 5.60. The van der Waals surface area contributed by atoms with E-state index in [1.165, 1.54) is 0 Å². The predicted molar refractivity (Wildman–Crippen MR) is 42.7 cm³/mol. The molecule has 0 aliphatic carbocycles. The fourth-order valence-corrected chi connectivity index (χ4v) is 1.94. The molecule has 2 unspecified atom stereocenters. The molecule has 2 aliphatic rings. The smallest absolute Gasteiger partial charge is 0.167 e. The number of ketones is 1. The minimum absolute atomic E-state index is 0.208. The number of carbonyl (C=O) groups is 1. The molecule has 3 heteroatoms. The Morgan fingerprint density at radius 1 is 1.58 bits per heavy atom. The van der Waals surface area contributed by atoms with Crippen molar-refractivity contribution in [2.75, 3.05) is 6.61 Å². The monoisotopic (exact) mass is 170 g/mol. The quantitative estimate of drug-likeness (QED) is 0.594. The van der Waals surface area contributed by atoms with Gasteiger partial charge in [-0.05, 0) is 13.3 Å². The van der Waals surface area contributed by atoms with Gasteiger partial charge in [0.05, 0.1) is 6.61 Å². The standard InChI is InChI=1S/C9H14O3/c1-3-9-6-11-8(2,12-9)5-4-7(9)10/h3-6H2,1-2H3. The first kappa shape index (κ1) is 8.20. The van der Waals surface area contributed by atoms with Gasteiger partial charge < -0.3 is 9.47 Å². The van der Waals surface area contributed by atoms with Crippen LogP contribution in [-0.2, 0) is 14.3 Å². The molecule has 2 saturated heterocycles. The molecule has 2 bridgehead atoms. The van der Waals surface area contributed by atoms with Crippen LogP contribution >= 0.6 is 0 Å². The second-order valence-corrected chi connectivity index (χ2v) is 3.80. The topological polar surface area (TPSA) is 35.5 Å². The van der Waals surface area contributed by atoms with Crippen molar-refractivity contribution in [3.8, 4) is 0 Å². The number of carbonyl (C=O) groups excluding carboxylic acids is 1. The lowest BCUT2D eigenvalue weighted by molar-refractivity contribution is -0.200. The van der Waals surface area contributed by atoms with Crippen molar-refractivity contribution in [3.63, 3.8) is 0 Å². The summed E-state index contributed by atoms with van der Waals surface area (Å²) in [5.74, 6) is -0.274. The maximum Gasteiger partial charge on any atom is 0.167 e. The molecule has 0 amide bonds. The van der Waals surface area contributed by atoms with Crippen LogP contribution in [0.3, 0.4) is 0 Å². The van der Waals surface area contributed by atoms with Crippen LogP contribution < -0.4 is 0 Å². The number of hydrogen-bond acceptors (Lipinski definition) is 3. The van der Waals surface area contributed by atoms with Crippen molar-refractivity contribution in [2.24, 2.45) is 0 Å². The van der Waals surface area contributed by atoms with E-state index in [9.17, 15) is 4.79 Å². The summed E-state index contributed by atoms with van der Waals surface area (Å²) in [6.45, 7) is 4.33. The molecule has 68 valence electrons. The molecule has 2 fully saturated rings. The zero-order valence-electron chi connectivity index (χ0n) is 7.55. The largest absolute Gasteiger partial charge is 0.347 e. The van der Waals surface area contributed by atoms with Crippen molar-refractivity contribution >= 4 is 5.78 Å². The molecule has 0 aromatic rings. The molecular formula is C9H14O3. The Kier molecular flexibility index (Phi) is 1.57. The van der Waals surface area contributed by atoms with E-state index in [0.29, 0.717) is 19.4 Å². The number of fused-ring (bicyclic) bond motifs is 2. The summed E-state index contributed by atoms with van der Waals surface area (Å²) in [5, 5.41) is 0. The molecule has 2 rings (SSSR count). The molecular weight excluding hydrogens is 156 g/mol. The lowest BCUT2D eigenvalue weighted by atomic mass is 9.90. The Bertz CT molecular complexity index is 226. The Balaban J connectivity index is 2.29. The van der Waals surface area contributed by atoms with Gasteiger partial charge in [-0.2, -0.15) is 0 Å². The van der Waals surface area contributed by atoms with Gasteiger partial charge in [0, 0.05) is 12.8 Å². The molecule has 0 aromatic heterocycles. The van der Waals surface area contributed by atoms with Gasteiger partial charge in [-0.25, -0.2) is 0 Å². The van der Waals surface area contributed by atoms with Gasteiger partial charge in [-0.1, -0.05) is 6.92 Å². The summed E-state index contributed by atoms with van der Waals surface area (Å²) in [4.78, 5) is 11.5. The molecule has 2 heterocycles. The summed E-state index contributed by atoms with van der Waals surface area (Å²) >= 11 is 0. The number of hydrogen-bond donors (Lipinski definition) is 0. The lowest BCUT2D eigenvalue weighted by Crippen LogP contribution is -2.46. The van der Waals surface area contributed by atoms with E-state index in [0.717, 1.165) is 6.42 Å². The van der Waals surface area contributed by atoms with Crippen LogP contribution in [0.4, 0.5) is 0 Å². The molecule has 0 N–H and O–H groups in total. The Morgan fingerprint density at radius 2 is 2.33 bits per heavy atom. The van der Waals surface area contributed by atoms with Gasteiger partial charge in [-0.15, -0.1) is 0 Å². The Labute approximate surface area is 72.0 Å². The van der Waals surface area contributed by atoms with E-state index in [4.69, 9.17) is 9.47 Å². The lowest BCUT2D eigenvalue weighted by Gasteiger charge is -2.33. The highest BCUT2D eigenvalue weighted by Crippen LogP contribution is 2.42. The normalized spacial score (nSPS) is 46.7. The minimum atomic E-state index is -0.604. The van der Waals surface area contributed by atoms with Gasteiger partial charge in [-0.3, -0.25) is 4.79 Å². The zero-order chi connectivity index (χ0) is 8.82. The van der Waals surface area contributed by atoms with Crippen molar-refractivity contribution in [1.82, 2.24) is 0 Å². The highest BCUT2D eigenvalue weighted by Gasteiger charge is 2.54. The van der Waals surface area contributed by atoms with E-state index < -0.39 is 11.4 Å². The van der Waals surface area contributed by atoms with Crippen LogP contribution in [0.25, 0.3) is 0 Å². The summed E-state index contributed by atoms with van der Waals surface area (Å²) < 4.78 is 11.1. The van der Waals surface area contributed by atoms with Crippen LogP contribution in [0, 0.1) is 0 Å². The molecule has 0 aromatic carbocycles. The Morgan fingerprint density at radius 3 is 2.92 bits per heavy atom. The van der Waals surface area contributed by atoms with E-state index >= 15 is 0 Å². The van der Waals surface area contributed by atoms with Crippen LogP contribution in [0.1, 0.15) is 33.1 Å². The summed E-state index contributed by atoms with van der Waals surface area (Å²) in [6.07, 6.45) is 2.03. The van der Waals surface area contributed by atoms with Crippen LogP contribution in [0.15, 0.2) is 0 Å². The summed E-state index contributed by atoms with van der Waals surface area (Å²) in [7, 11) is 0. The summed E-state index contributed by atoms with van der Waals surface area (Å²) in [6, 6.07) is 0. The van der Waals surface area contributed by atoms with E-state index in [1.807, 2.05) is 13.8 Å². The van der Waals surface area contributed by atoms with Gasteiger partial charge in [0.1, 0.15) is 0 Å². The Hall–Kier alpha value is -0.410. The molecule has 2 aliphatic heterocycles. The molecule has 0 saturated carbocycles. The van der Waals surface area contributed by atoms with Crippen LogP contribution in [0.2, 0.25) is 0 Å². The zero-order valence-corrected chi connectivity index (χ0v) is 7.55. The molecule has 0 spiro atoms. The van der Waals surface area contributed by atoms with Gasteiger partial charge in [0.25, 0.3) is 0 Å². The number of Topliss-reactive ketones (excluding diaryl/α,β-unsaturated/α-hetero) is 1. The van der Waals surface area contributed by atoms with Crippen molar-refractivity contribution in [1.29, 1.82) is 0 Å². The van der Waals surface area contributed by atoms with Gasteiger partial charge >= 0.3 is 0 Å². The molecule has 12 heavy (non-hydrogen) atoms. The third-order valence-corrected chi connectivity index (χ3v) is 2.91. The second-order valence-electron chi connectivity index (χ2n) is 3.80. The number of ether oxygens (including phenoxy) is 2. The fraction of sp³-hybridized carbons (Fsp3) is 0.889. The fourth-order valence-electron chi connectivity index (χ4n) is 1.94. The van der Waals surface area contributed by atoms with Gasteiger partial charge in [0.15, 0.2) is 17.2 Å². The van der Waals surface area contributed by atoms with Gasteiger partial charge in [0.2, 0.25) is 0 Å². The van der Waals surface area contributed by atoms with Crippen molar-refractivity contribution < 1.29 is 14.3 Å². The maximum absolute atomic E-state index is 11.5. The predicted octanol–water partition coefficient (Wildman–Crippen LogP) is 1.26. The first-order valence-corrected chi connectivity index (χ1v) is 4.48. The number of rotatable bonds is 1. The third kappa shape index (κ3) is 0.930. The van der Waals surface area contributed by atoms with Crippen LogP contribution in [0.5, 0.6) is 0 Å². The van der Waals surface area contributed by atoms with E-state index in [-0.39, 0.29) is 5.78 Å². The third-order valence-electron chi connectivity index (χ3n) is 2.91. The molecule has 0 radical (unpaired) electrons. The second kappa shape index (κ2) is 2.30. The van der Waals surface area contributed by atoms with Crippen LogP contribution in [-0.4, -0.2) is 23.8 Å². The SMILES string of the molecule is CCC12COC(C)(CCC1=O)O2. The molecule has 2 atom stereocenters. The highest BCUT2D eigenvalue weighted by molar-refractivity contribution is 5.88. The summed E-state index contributed by atoms with van der Waals surface area (Å²) in [5.41, 5.74) is -0.604. The average Bonchev–Trinajstić information content (AvgIpc) is 2.36. The van der Waals surface area contributed by atoms with E-state index in [1.54, 1.807) is 0 Å².